The number of carbonyl (C=O) groups excluding carboxylic acids is 1. The van der Waals surface area contributed by atoms with E-state index in [0.717, 1.165) is 16.8 Å². The monoisotopic (exact) mass is 381 g/mol. The van der Waals surface area contributed by atoms with E-state index in [1.165, 1.54) is 6.33 Å². The van der Waals surface area contributed by atoms with Gasteiger partial charge in [-0.25, -0.2) is 4.68 Å². The summed E-state index contributed by atoms with van der Waals surface area (Å²) in [4.78, 5) is 12.2. The van der Waals surface area contributed by atoms with Crippen LogP contribution in [0, 0.1) is 6.92 Å². The van der Waals surface area contributed by atoms with E-state index in [2.05, 4.69) is 31.0 Å². The van der Waals surface area contributed by atoms with Gasteiger partial charge in [-0.15, -0.1) is 15.3 Å². The summed E-state index contributed by atoms with van der Waals surface area (Å²) in [6, 6.07) is 7.45. The number of nitrogens with one attached hydrogen (secondary N) is 1. The second-order valence-electron chi connectivity index (χ2n) is 5.82. The molecule has 9 nitrogen and oxygen atoms in total. The number of aromatic nitrogens is 6. The van der Waals surface area contributed by atoms with Crippen LogP contribution in [0.1, 0.15) is 17.9 Å². The predicted molar refractivity (Wildman–Crippen MR) is 98.5 cm³/mol. The van der Waals surface area contributed by atoms with Crippen LogP contribution in [0.15, 0.2) is 45.8 Å². The van der Waals surface area contributed by atoms with E-state index in [1.807, 2.05) is 41.9 Å². The summed E-state index contributed by atoms with van der Waals surface area (Å²) in [5.41, 5.74) is 3.39. The van der Waals surface area contributed by atoms with Crippen LogP contribution in [0.3, 0.4) is 0 Å². The van der Waals surface area contributed by atoms with Gasteiger partial charge in [0.05, 0.1) is 5.69 Å². The molecule has 1 aromatic carbocycles. The van der Waals surface area contributed by atoms with Crippen molar-refractivity contribution in [2.75, 3.05) is 5.32 Å². The third-order valence-corrected chi connectivity index (χ3v) is 4.56. The second-order valence-corrected chi connectivity index (χ2v) is 6.60. The SMILES string of the molecule is Cc1cc(NC(=O)CCc2nnc(-c3ccsc3)o2)ccc1-n1cnnn1. The Hall–Kier alpha value is -3.40. The maximum atomic E-state index is 12.2. The molecule has 10 heteroatoms. The Balaban J connectivity index is 1.35. The molecule has 3 aromatic heterocycles. The molecular weight excluding hydrogens is 366 g/mol. The van der Waals surface area contributed by atoms with Crippen molar-refractivity contribution in [3.8, 4) is 17.1 Å². The van der Waals surface area contributed by atoms with Crippen LogP contribution in [0.25, 0.3) is 17.1 Å². The molecular formula is C17H15N7O2S. The number of thiophene rings is 1. The van der Waals surface area contributed by atoms with Gasteiger partial charge in [-0.2, -0.15) is 11.3 Å². The van der Waals surface area contributed by atoms with Crippen molar-refractivity contribution in [1.82, 2.24) is 30.4 Å². The zero-order valence-electron chi connectivity index (χ0n) is 14.4. The molecule has 0 radical (unpaired) electrons. The molecule has 0 aliphatic heterocycles. The van der Waals surface area contributed by atoms with E-state index in [-0.39, 0.29) is 12.3 Å². The van der Waals surface area contributed by atoms with Gasteiger partial charge in [0.2, 0.25) is 17.7 Å². The van der Waals surface area contributed by atoms with Crippen LogP contribution in [-0.4, -0.2) is 36.3 Å². The lowest BCUT2D eigenvalue weighted by Gasteiger charge is -2.08. The third-order valence-electron chi connectivity index (χ3n) is 3.88. The molecule has 3 heterocycles. The van der Waals surface area contributed by atoms with Crippen molar-refractivity contribution in [3.05, 3.63) is 52.8 Å². The minimum absolute atomic E-state index is 0.125. The fourth-order valence-electron chi connectivity index (χ4n) is 2.56. The first-order chi connectivity index (χ1) is 13.2. The fourth-order valence-corrected chi connectivity index (χ4v) is 3.19. The quantitative estimate of drug-likeness (QED) is 0.546. The Morgan fingerprint density at radius 3 is 2.96 bits per heavy atom. The zero-order valence-corrected chi connectivity index (χ0v) is 15.2. The topological polar surface area (TPSA) is 112 Å². The van der Waals surface area contributed by atoms with Crippen molar-refractivity contribution in [2.45, 2.75) is 19.8 Å². The van der Waals surface area contributed by atoms with Crippen molar-refractivity contribution >= 4 is 22.9 Å². The highest BCUT2D eigenvalue weighted by Crippen LogP contribution is 2.21. The molecule has 136 valence electrons. The molecule has 27 heavy (non-hydrogen) atoms. The second kappa shape index (κ2) is 7.46. The molecule has 0 aliphatic rings. The lowest BCUT2D eigenvalue weighted by atomic mass is 10.1. The molecule has 4 rings (SSSR count). The van der Waals surface area contributed by atoms with Gasteiger partial charge in [0.1, 0.15) is 6.33 Å². The predicted octanol–water partition coefficient (Wildman–Crippen LogP) is 2.65. The van der Waals surface area contributed by atoms with Gasteiger partial charge >= 0.3 is 0 Å². The zero-order chi connectivity index (χ0) is 18.6. The summed E-state index contributed by atoms with van der Waals surface area (Å²) in [7, 11) is 0. The highest BCUT2D eigenvalue weighted by Gasteiger charge is 2.11. The number of tetrazole rings is 1. The summed E-state index contributed by atoms with van der Waals surface area (Å²) >= 11 is 1.56. The summed E-state index contributed by atoms with van der Waals surface area (Å²) in [6.45, 7) is 1.93. The number of benzene rings is 1. The van der Waals surface area contributed by atoms with Crippen molar-refractivity contribution in [2.24, 2.45) is 0 Å². The highest BCUT2D eigenvalue weighted by atomic mass is 32.1. The summed E-state index contributed by atoms with van der Waals surface area (Å²) in [6.07, 6.45) is 2.15. The van der Waals surface area contributed by atoms with Gasteiger partial charge in [-0.05, 0) is 52.6 Å². The molecule has 0 aliphatic carbocycles. The van der Waals surface area contributed by atoms with E-state index >= 15 is 0 Å². The molecule has 0 spiro atoms. The van der Waals surface area contributed by atoms with Crippen molar-refractivity contribution in [1.29, 1.82) is 0 Å². The number of amides is 1. The summed E-state index contributed by atoms with van der Waals surface area (Å²) < 4.78 is 7.16. The first-order valence-corrected chi connectivity index (χ1v) is 9.12. The molecule has 4 aromatic rings. The molecule has 0 bridgehead atoms. The van der Waals surface area contributed by atoms with Crippen LogP contribution in [0.4, 0.5) is 5.69 Å². The van der Waals surface area contributed by atoms with Crippen LogP contribution in [-0.2, 0) is 11.2 Å². The van der Waals surface area contributed by atoms with Gasteiger partial charge in [-0.3, -0.25) is 4.79 Å². The maximum absolute atomic E-state index is 12.2. The number of hydrogen-bond donors (Lipinski definition) is 1. The van der Waals surface area contributed by atoms with Crippen LogP contribution in [0.2, 0.25) is 0 Å². The first-order valence-electron chi connectivity index (χ1n) is 8.18. The van der Waals surface area contributed by atoms with E-state index < -0.39 is 0 Å². The minimum atomic E-state index is -0.125. The summed E-state index contributed by atoms with van der Waals surface area (Å²) in [5, 5.41) is 25.9. The first kappa shape index (κ1) is 17.0. The average molecular weight is 381 g/mol. The Kier molecular flexibility index (Phi) is 4.71. The van der Waals surface area contributed by atoms with E-state index in [9.17, 15) is 4.79 Å². The normalized spacial score (nSPS) is 10.9. The van der Waals surface area contributed by atoms with Gasteiger partial charge < -0.3 is 9.73 Å². The molecule has 0 fully saturated rings. The van der Waals surface area contributed by atoms with E-state index in [0.29, 0.717) is 23.9 Å². The number of anilines is 1. The Bertz CT molecular complexity index is 1040. The van der Waals surface area contributed by atoms with Crippen LogP contribution < -0.4 is 5.32 Å². The summed E-state index contributed by atoms with van der Waals surface area (Å²) in [5.74, 6) is 0.789. The van der Waals surface area contributed by atoms with Gasteiger partial charge in [0, 0.05) is 29.5 Å². The molecule has 1 amide bonds. The Morgan fingerprint density at radius 2 is 2.22 bits per heavy atom. The molecule has 0 atom stereocenters. The minimum Gasteiger partial charge on any atom is -0.421 e. The van der Waals surface area contributed by atoms with E-state index in [1.54, 1.807) is 16.0 Å². The number of hydrogen-bond acceptors (Lipinski definition) is 8. The molecule has 0 unspecified atom stereocenters. The van der Waals surface area contributed by atoms with E-state index in [4.69, 9.17) is 4.42 Å². The largest absolute Gasteiger partial charge is 0.421 e. The third kappa shape index (κ3) is 3.90. The average Bonchev–Trinajstić information content (AvgIpc) is 3.41. The van der Waals surface area contributed by atoms with Gasteiger partial charge in [0.15, 0.2) is 0 Å². The Morgan fingerprint density at radius 1 is 1.30 bits per heavy atom. The van der Waals surface area contributed by atoms with Gasteiger partial charge in [-0.1, -0.05) is 0 Å². The highest BCUT2D eigenvalue weighted by molar-refractivity contribution is 7.08. The number of rotatable bonds is 6. The number of nitrogens with zero attached hydrogens (tertiary/aromatic N) is 6. The number of aryl methyl sites for hydroxylation is 2. The lowest BCUT2D eigenvalue weighted by Crippen LogP contribution is -2.13. The van der Waals surface area contributed by atoms with Crippen LogP contribution in [0.5, 0.6) is 0 Å². The standard InChI is InChI=1S/C17H15N7O2S/c1-11-8-13(2-3-14(11)24-10-18-22-23-24)19-15(25)4-5-16-20-21-17(26-16)12-6-7-27-9-12/h2-3,6-10H,4-5H2,1H3,(H,19,25). The maximum Gasteiger partial charge on any atom is 0.248 e. The van der Waals surface area contributed by atoms with Crippen molar-refractivity contribution in [3.63, 3.8) is 0 Å². The molecule has 0 saturated carbocycles. The molecule has 1 N–H and O–H groups in total. The van der Waals surface area contributed by atoms with Crippen molar-refractivity contribution < 1.29 is 9.21 Å². The number of carbonyl (C=O) groups is 1. The Labute approximate surface area is 158 Å². The lowest BCUT2D eigenvalue weighted by molar-refractivity contribution is -0.116. The molecule has 0 saturated heterocycles. The van der Waals surface area contributed by atoms with Crippen LogP contribution >= 0.6 is 11.3 Å². The smallest absolute Gasteiger partial charge is 0.248 e. The van der Waals surface area contributed by atoms with Gasteiger partial charge in [0.25, 0.3) is 0 Å². The fraction of sp³-hybridized carbons (Fsp3) is 0.176.